The molecular formula is C10H9F2O5P. The number of carboxylic acid groups (broad SMARTS) is 1. The summed E-state index contributed by atoms with van der Waals surface area (Å²) in [6, 6.07) is 3.94. The molecule has 0 atom stereocenters. The molecule has 0 saturated heterocycles. The van der Waals surface area contributed by atoms with Crippen LogP contribution in [0.25, 0.3) is 6.08 Å². The summed E-state index contributed by atoms with van der Waals surface area (Å²) in [5, 5.41) is 8.36. The number of hydrogen-bond acceptors (Lipinski definition) is 2. The summed E-state index contributed by atoms with van der Waals surface area (Å²) in [4.78, 5) is 27.2. The van der Waals surface area contributed by atoms with Crippen LogP contribution in [0.1, 0.15) is 11.1 Å². The minimum Gasteiger partial charge on any atom is -0.478 e. The molecule has 0 heterocycles. The molecule has 18 heavy (non-hydrogen) atoms. The molecular weight excluding hydrogens is 269 g/mol. The van der Waals surface area contributed by atoms with E-state index in [1.807, 2.05) is 0 Å². The Kier molecular flexibility index (Phi) is 4.01. The zero-order valence-electron chi connectivity index (χ0n) is 8.83. The lowest BCUT2D eigenvalue weighted by molar-refractivity contribution is -0.131. The predicted octanol–water partition coefficient (Wildman–Crippen LogP) is 2.01. The van der Waals surface area contributed by atoms with Crippen molar-refractivity contribution in [3.8, 4) is 0 Å². The van der Waals surface area contributed by atoms with Crippen LogP contribution < -0.4 is 0 Å². The van der Waals surface area contributed by atoms with Gasteiger partial charge in [0.1, 0.15) is 0 Å². The highest BCUT2D eigenvalue weighted by Gasteiger charge is 2.50. The lowest BCUT2D eigenvalue weighted by Crippen LogP contribution is -2.13. The van der Waals surface area contributed by atoms with Gasteiger partial charge in [0.25, 0.3) is 0 Å². The Morgan fingerprint density at radius 2 is 1.72 bits per heavy atom. The third-order valence-electron chi connectivity index (χ3n) is 2.04. The van der Waals surface area contributed by atoms with E-state index in [0.717, 1.165) is 30.3 Å². The van der Waals surface area contributed by atoms with Gasteiger partial charge in [-0.15, -0.1) is 0 Å². The van der Waals surface area contributed by atoms with Gasteiger partial charge in [0.15, 0.2) is 0 Å². The summed E-state index contributed by atoms with van der Waals surface area (Å²) < 4.78 is 37.1. The largest absolute Gasteiger partial charge is 0.478 e. The Labute approximate surface area is 101 Å². The van der Waals surface area contributed by atoms with Crippen molar-refractivity contribution < 1.29 is 33.0 Å². The average molecular weight is 278 g/mol. The topological polar surface area (TPSA) is 94.8 Å². The van der Waals surface area contributed by atoms with Crippen LogP contribution in [0.2, 0.25) is 0 Å². The van der Waals surface area contributed by atoms with E-state index >= 15 is 0 Å². The van der Waals surface area contributed by atoms with Gasteiger partial charge in [0.05, 0.1) is 0 Å². The van der Waals surface area contributed by atoms with Crippen molar-refractivity contribution in [2.24, 2.45) is 0 Å². The van der Waals surface area contributed by atoms with Crippen molar-refractivity contribution in [3.63, 3.8) is 0 Å². The second kappa shape index (κ2) is 4.97. The van der Waals surface area contributed by atoms with Crippen molar-refractivity contribution in [2.75, 3.05) is 0 Å². The smallest absolute Gasteiger partial charge is 0.399 e. The van der Waals surface area contributed by atoms with E-state index in [2.05, 4.69) is 0 Å². The van der Waals surface area contributed by atoms with Gasteiger partial charge in [0.2, 0.25) is 0 Å². The first-order valence-electron chi connectivity index (χ1n) is 4.59. The maximum Gasteiger partial charge on any atom is 0.399 e. The SMILES string of the molecule is O=C(O)C=Cc1ccc(C(F)(F)P(=O)(O)O)cc1. The summed E-state index contributed by atoms with van der Waals surface area (Å²) in [7, 11) is -5.58. The Morgan fingerprint density at radius 3 is 2.11 bits per heavy atom. The number of hydrogen-bond donors (Lipinski definition) is 3. The first-order chi connectivity index (χ1) is 8.14. The fourth-order valence-corrected chi connectivity index (χ4v) is 1.62. The van der Waals surface area contributed by atoms with Crippen LogP contribution in [-0.4, -0.2) is 20.9 Å². The minimum atomic E-state index is -5.58. The van der Waals surface area contributed by atoms with Crippen LogP contribution in [0.15, 0.2) is 30.3 Å². The number of aliphatic carboxylic acids is 1. The quantitative estimate of drug-likeness (QED) is 0.578. The molecule has 1 aromatic carbocycles. The van der Waals surface area contributed by atoms with Gasteiger partial charge >= 0.3 is 19.2 Å². The number of halogens is 2. The average Bonchev–Trinajstić information content (AvgIpc) is 2.25. The fourth-order valence-electron chi connectivity index (χ4n) is 1.13. The van der Waals surface area contributed by atoms with E-state index in [0.29, 0.717) is 5.56 Å². The highest BCUT2D eigenvalue weighted by Crippen LogP contribution is 2.59. The van der Waals surface area contributed by atoms with Gasteiger partial charge in [-0.25, -0.2) is 4.79 Å². The van der Waals surface area contributed by atoms with Gasteiger partial charge in [-0.1, -0.05) is 24.3 Å². The molecule has 8 heteroatoms. The number of benzene rings is 1. The van der Waals surface area contributed by atoms with E-state index in [9.17, 15) is 18.1 Å². The zero-order valence-corrected chi connectivity index (χ0v) is 9.72. The summed E-state index contributed by atoms with van der Waals surface area (Å²) >= 11 is 0. The summed E-state index contributed by atoms with van der Waals surface area (Å²) in [6.07, 6.45) is 1.98. The molecule has 0 unspecified atom stereocenters. The van der Waals surface area contributed by atoms with E-state index in [1.54, 1.807) is 0 Å². The van der Waals surface area contributed by atoms with Crippen molar-refractivity contribution in [1.29, 1.82) is 0 Å². The molecule has 0 saturated carbocycles. The Morgan fingerprint density at radius 1 is 1.22 bits per heavy atom. The molecule has 0 aliphatic rings. The molecule has 1 aromatic rings. The third kappa shape index (κ3) is 3.22. The summed E-state index contributed by atoms with van der Waals surface area (Å²) in [5.74, 6) is -1.19. The maximum absolute atomic E-state index is 13.2. The number of rotatable bonds is 4. The van der Waals surface area contributed by atoms with Crippen LogP contribution >= 0.6 is 7.60 Å². The van der Waals surface area contributed by atoms with Crippen molar-refractivity contribution in [3.05, 3.63) is 41.5 Å². The van der Waals surface area contributed by atoms with Crippen LogP contribution in [0.3, 0.4) is 0 Å². The minimum absolute atomic E-state index is 0.322. The molecule has 98 valence electrons. The molecule has 0 aromatic heterocycles. The molecule has 0 fully saturated rings. The van der Waals surface area contributed by atoms with Crippen LogP contribution in [-0.2, 0) is 15.0 Å². The predicted molar refractivity (Wildman–Crippen MR) is 59.0 cm³/mol. The second-order valence-corrected chi connectivity index (χ2v) is 5.03. The van der Waals surface area contributed by atoms with Gasteiger partial charge < -0.3 is 14.9 Å². The number of carboxylic acids is 1. The first kappa shape index (κ1) is 14.5. The summed E-state index contributed by atoms with van der Waals surface area (Å²) in [6.45, 7) is 0. The monoisotopic (exact) mass is 278 g/mol. The normalized spacial score (nSPS) is 12.9. The number of carbonyl (C=O) groups is 1. The van der Waals surface area contributed by atoms with Crippen molar-refractivity contribution in [1.82, 2.24) is 0 Å². The van der Waals surface area contributed by atoms with Gasteiger partial charge in [-0.05, 0) is 11.6 Å². The van der Waals surface area contributed by atoms with E-state index < -0.39 is 24.8 Å². The van der Waals surface area contributed by atoms with Crippen LogP contribution in [0.5, 0.6) is 0 Å². The lowest BCUT2D eigenvalue weighted by atomic mass is 10.1. The molecule has 0 bridgehead atoms. The van der Waals surface area contributed by atoms with Crippen LogP contribution in [0.4, 0.5) is 8.78 Å². The van der Waals surface area contributed by atoms with Gasteiger partial charge in [-0.3, -0.25) is 4.57 Å². The molecule has 0 aliphatic heterocycles. The summed E-state index contributed by atoms with van der Waals surface area (Å²) in [5.41, 5.74) is -4.77. The standard InChI is InChI=1S/C10H9F2O5P/c11-10(12,18(15,16)17)8-4-1-7(2-5-8)3-6-9(13)14/h1-6H,(H,13,14)(H2,15,16,17). The lowest BCUT2D eigenvalue weighted by Gasteiger charge is -2.17. The van der Waals surface area contributed by atoms with Gasteiger partial charge in [-0.2, -0.15) is 8.78 Å². The highest BCUT2D eigenvalue weighted by molar-refractivity contribution is 7.52. The molecule has 0 amide bonds. The zero-order chi connectivity index (χ0) is 14.0. The van der Waals surface area contributed by atoms with Crippen molar-refractivity contribution >= 4 is 19.6 Å². The maximum atomic E-state index is 13.2. The molecule has 0 aliphatic carbocycles. The van der Waals surface area contributed by atoms with E-state index in [1.165, 1.54) is 6.08 Å². The Hall–Kier alpha value is -1.56. The third-order valence-corrected chi connectivity index (χ3v) is 3.03. The molecule has 3 N–H and O–H groups in total. The Balaban J connectivity index is 3.03. The number of alkyl halides is 2. The highest BCUT2D eigenvalue weighted by atomic mass is 31.2. The van der Waals surface area contributed by atoms with Crippen molar-refractivity contribution in [2.45, 2.75) is 5.66 Å². The second-order valence-electron chi connectivity index (χ2n) is 3.38. The molecule has 5 nitrogen and oxygen atoms in total. The molecule has 1 rings (SSSR count). The van der Waals surface area contributed by atoms with E-state index in [-0.39, 0.29) is 0 Å². The first-order valence-corrected chi connectivity index (χ1v) is 6.21. The van der Waals surface area contributed by atoms with Crippen LogP contribution in [0, 0.1) is 0 Å². The molecule has 0 spiro atoms. The Bertz CT molecular complexity index is 518. The van der Waals surface area contributed by atoms with E-state index in [4.69, 9.17) is 14.9 Å². The van der Waals surface area contributed by atoms with Gasteiger partial charge in [0, 0.05) is 11.6 Å². The molecule has 0 radical (unpaired) electrons. The fraction of sp³-hybridized carbons (Fsp3) is 0.100.